The van der Waals surface area contributed by atoms with Crippen molar-refractivity contribution in [3.05, 3.63) is 0 Å². The minimum atomic E-state index is 0.583. The van der Waals surface area contributed by atoms with Crippen LogP contribution in [0.5, 0.6) is 0 Å². The Balaban J connectivity index is 2.40. The molecule has 1 saturated carbocycles. The number of hydrogen-bond donors (Lipinski definition) is 2. The lowest BCUT2D eigenvalue weighted by Crippen LogP contribution is -2.53. The van der Waals surface area contributed by atoms with Gasteiger partial charge in [0.25, 0.3) is 0 Å². The molecule has 0 bridgehead atoms. The van der Waals surface area contributed by atoms with Crippen LogP contribution in [0.1, 0.15) is 25.7 Å². The van der Waals surface area contributed by atoms with Gasteiger partial charge in [-0.3, -0.25) is 5.73 Å². The number of nitrogens with two attached hydrogens (primary N) is 2. The van der Waals surface area contributed by atoms with Crippen LogP contribution in [0, 0.1) is 5.92 Å². The van der Waals surface area contributed by atoms with E-state index in [1.54, 1.807) is 7.05 Å². The van der Waals surface area contributed by atoms with E-state index >= 15 is 0 Å². The van der Waals surface area contributed by atoms with Crippen molar-refractivity contribution in [2.75, 3.05) is 27.8 Å². The molecule has 0 spiro atoms. The van der Waals surface area contributed by atoms with Gasteiger partial charge < -0.3 is 4.48 Å². The van der Waals surface area contributed by atoms with Gasteiger partial charge >= 0.3 is 0 Å². The van der Waals surface area contributed by atoms with Crippen LogP contribution in [0.4, 0.5) is 0 Å². The van der Waals surface area contributed by atoms with E-state index in [9.17, 15) is 0 Å². The van der Waals surface area contributed by atoms with E-state index in [0.717, 1.165) is 11.2 Å². The normalized spacial score (nSPS) is 27.3. The molecule has 0 aromatic rings. The summed E-state index contributed by atoms with van der Waals surface area (Å²) in [6.45, 7) is 0.717. The zero-order valence-corrected chi connectivity index (χ0v) is 10.8. The van der Waals surface area contributed by atoms with Crippen LogP contribution in [-0.4, -0.2) is 49.7 Å². The molecule has 1 aliphatic carbocycles. The highest BCUT2D eigenvalue weighted by Crippen LogP contribution is 2.28. The molecule has 0 heterocycles. The van der Waals surface area contributed by atoms with Crippen LogP contribution in [0.25, 0.3) is 0 Å². The first-order valence-electron chi connectivity index (χ1n) is 6.01. The van der Waals surface area contributed by atoms with Crippen molar-refractivity contribution in [1.29, 1.82) is 0 Å². The SMILES string of the molecule is CN(N)N=CC1CCC([N+](C)(C)CN)CC1. The Bertz CT molecular complexity index is 229. The highest BCUT2D eigenvalue weighted by atomic mass is 15.6. The number of rotatable bonds is 4. The van der Waals surface area contributed by atoms with Gasteiger partial charge in [0.05, 0.1) is 20.1 Å². The van der Waals surface area contributed by atoms with Crippen molar-refractivity contribution in [2.24, 2.45) is 22.6 Å². The molecule has 0 atom stereocenters. The number of hydrazine groups is 1. The molecule has 1 fully saturated rings. The van der Waals surface area contributed by atoms with E-state index in [2.05, 4.69) is 19.2 Å². The van der Waals surface area contributed by atoms with Crippen LogP contribution < -0.4 is 11.6 Å². The molecule has 94 valence electrons. The molecule has 5 heteroatoms. The fraction of sp³-hybridized carbons (Fsp3) is 0.909. The zero-order valence-electron chi connectivity index (χ0n) is 10.8. The van der Waals surface area contributed by atoms with Crippen molar-refractivity contribution in [3.63, 3.8) is 0 Å². The maximum atomic E-state index is 5.79. The van der Waals surface area contributed by atoms with Crippen LogP contribution in [0.2, 0.25) is 0 Å². The van der Waals surface area contributed by atoms with Crippen LogP contribution >= 0.6 is 0 Å². The average molecular weight is 228 g/mol. The maximum Gasteiger partial charge on any atom is 0.129 e. The first kappa shape index (κ1) is 13.4. The van der Waals surface area contributed by atoms with Crippen LogP contribution in [0.3, 0.4) is 0 Å². The smallest absolute Gasteiger partial charge is 0.129 e. The Morgan fingerprint density at radius 2 is 1.88 bits per heavy atom. The minimum Gasteiger partial charge on any atom is -0.314 e. The van der Waals surface area contributed by atoms with Crippen molar-refractivity contribution < 1.29 is 4.48 Å². The molecule has 5 nitrogen and oxygen atoms in total. The molecule has 1 rings (SSSR count). The molecular weight excluding hydrogens is 202 g/mol. The summed E-state index contributed by atoms with van der Waals surface area (Å²) in [5.74, 6) is 6.03. The third kappa shape index (κ3) is 3.73. The molecule has 0 unspecified atom stereocenters. The second kappa shape index (κ2) is 5.61. The van der Waals surface area contributed by atoms with E-state index < -0.39 is 0 Å². The van der Waals surface area contributed by atoms with Gasteiger partial charge in [0.2, 0.25) is 0 Å². The Labute approximate surface area is 98.6 Å². The summed E-state index contributed by atoms with van der Waals surface area (Å²) in [7, 11) is 6.18. The molecule has 0 saturated heterocycles. The topological polar surface area (TPSA) is 67.6 Å². The monoisotopic (exact) mass is 228 g/mol. The van der Waals surface area contributed by atoms with Gasteiger partial charge in [-0.15, -0.1) is 0 Å². The van der Waals surface area contributed by atoms with Gasteiger partial charge in [-0.2, -0.15) is 5.10 Å². The maximum absolute atomic E-state index is 5.79. The lowest BCUT2D eigenvalue weighted by molar-refractivity contribution is -0.916. The lowest BCUT2D eigenvalue weighted by Gasteiger charge is -2.40. The third-order valence-corrected chi connectivity index (χ3v) is 3.66. The lowest BCUT2D eigenvalue weighted by atomic mass is 9.85. The quantitative estimate of drug-likeness (QED) is 0.239. The summed E-state index contributed by atoms with van der Waals surface area (Å²) in [5, 5.41) is 5.48. The Morgan fingerprint density at radius 3 is 2.31 bits per heavy atom. The summed E-state index contributed by atoms with van der Waals surface area (Å²) >= 11 is 0. The van der Waals surface area contributed by atoms with E-state index in [-0.39, 0.29) is 0 Å². The van der Waals surface area contributed by atoms with E-state index in [1.165, 1.54) is 30.8 Å². The Kier molecular flexibility index (Phi) is 4.70. The standard InChI is InChI=1S/C11H26N5/c1-15(13)14-8-10-4-6-11(7-5-10)16(2,3)9-12/h8,10-11H,4-7,9,12-13H2,1-3H3/q+1. The zero-order chi connectivity index (χ0) is 12.2. The van der Waals surface area contributed by atoms with E-state index in [1.807, 2.05) is 6.21 Å². The van der Waals surface area contributed by atoms with Crippen molar-refractivity contribution in [1.82, 2.24) is 5.12 Å². The van der Waals surface area contributed by atoms with Gasteiger partial charge in [-0.1, -0.05) is 0 Å². The first-order chi connectivity index (χ1) is 7.45. The van der Waals surface area contributed by atoms with Crippen molar-refractivity contribution >= 4 is 6.21 Å². The van der Waals surface area contributed by atoms with Gasteiger partial charge in [-0.05, 0) is 18.8 Å². The highest BCUT2D eigenvalue weighted by molar-refractivity contribution is 5.60. The largest absolute Gasteiger partial charge is 0.314 e. The summed E-state index contributed by atoms with van der Waals surface area (Å²) in [4.78, 5) is 0. The van der Waals surface area contributed by atoms with Crippen molar-refractivity contribution in [2.45, 2.75) is 31.7 Å². The molecule has 4 N–H and O–H groups in total. The molecule has 0 aliphatic heterocycles. The Hall–Kier alpha value is -0.650. The van der Waals surface area contributed by atoms with Gasteiger partial charge in [0.1, 0.15) is 6.67 Å². The molecule has 0 aromatic heterocycles. The average Bonchev–Trinajstić information content (AvgIpc) is 2.27. The number of nitrogens with zero attached hydrogens (tertiary/aromatic N) is 3. The molecule has 0 aromatic carbocycles. The molecule has 0 radical (unpaired) electrons. The second-order valence-electron chi connectivity index (χ2n) is 5.37. The van der Waals surface area contributed by atoms with Gasteiger partial charge in [-0.25, -0.2) is 11.0 Å². The third-order valence-electron chi connectivity index (χ3n) is 3.66. The van der Waals surface area contributed by atoms with Gasteiger partial charge in [0, 0.05) is 26.1 Å². The minimum absolute atomic E-state index is 0.583. The highest BCUT2D eigenvalue weighted by Gasteiger charge is 2.31. The predicted molar refractivity (Wildman–Crippen MR) is 67.4 cm³/mol. The number of hydrazone groups is 1. The van der Waals surface area contributed by atoms with Crippen LogP contribution in [0.15, 0.2) is 5.10 Å². The molecule has 1 aliphatic rings. The molecular formula is C11H26N5+. The number of quaternary nitrogens is 1. The number of hydrogen-bond acceptors (Lipinski definition) is 4. The predicted octanol–water partition coefficient (Wildman–Crippen LogP) is 0.329. The summed E-state index contributed by atoms with van der Waals surface area (Å²) in [6.07, 6.45) is 6.84. The van der Waals surface area contributed by atoms with Crippen LogP contribution in [-0.2, 0) is 0 Å². The molecule has 0 amide bonds. The van der Waals surface area contributed by atoms with E-state index in [0.29, 0.717) is 12.0 Å². The Morgan fingerprint density at radius 1 is 1.31 bits per heavy atom. The summed E-state index contributed by atoms with van der Waals surface area (Å²) in [5.41, 5.74) is 5.79. The van der Waals surface area contributed by atoms with Gasteiger partial charge in [0.15, 0.2) is 0 Å². The molecule has 16 heavy (non-hydrogen) atoms. The fourth-order valence-corrected chi connectivity index (χ4v) is 2.30. The fourth-order valence-electron chi connectivity index (χ4n) is 2.30. The van der Waals surface area contributed by atoms with Crippen molar-refractivity contribution in [3.8, 4) is 0 Å². The van der Waals surface area contributed by atoms with E-state index in [4.69, 9.17) is 11.6 Å². The summed E-state index contributed by atoms with van der Waals surface area (Å²) < 4.78 is 0.931. The second-order valence-corrected chi connectivity index (χ2v) is 5.37. The first-order valence-corrected chi connectivity index (χ1v) is 6.01. The summed E-state index contributed by atoms with van der Waals surface area (Å²) in [6, 6.07) is 0.699.